The molecule has 0 fully saturated rings. The molecule has 5 nitrogen and oxygen atoms in total. The zero-order chi connectivity index (χ0) is 13.8. The fourth-order valence-electron chi connectivity index (χ4n) is 1.68. The third-order valence-electron chi connectivity index (χ3n) is 2.52. The summed E-state index contributed by atoms with van der Waals surface area (Å²) in [5.41, 5.74) is 1.53. The first kappa shape index (κ1) is 13.7. The maximum atomic E-state index is 11.3. The zero-order valence-electron chi connectivity index (χ0n) is 10.6. The Kier molecular flexibility index (Phi) is 4.31. The molecule has 100 valence electrons. The predicted molar refractivity (Wildman–Crippen MR) is 74.1 cm³/mol. The quantitative estimate of drug-likeness (QED) is 0.809. The Labute approximate surface area is 119 Å². The summed E-state index contributed by atoms with van der Waals surface area (Å²) in [5, 5.41) is 0.885. The van der Waals surface area contributed by atoms with Gasteiger partial charge in [0.05, 0.1) is 6.61 Å². The van der Waals surface area contributed by atoms with Crippen molar-refractivity contribution in [2.45, 2.75) is 13.8 Å². The van der Waals surface area contributed by atoms with Crippen LogP contribution in [0.1, 0.15) is 12.6 Å². The lowest BCUT2D eigenvalue weighted by Gasteiger charge is -2.09. The van der Waals surface area contributed by atoms with Crippen molar-refractivity contribution in [3.8, 4) is 5.75 Å². The molecule has 1 heterocycles. The van der Waals surface area contributed by atoms with Gasteiger partial charge in [-0.3, -0.25) is 0 Å². The van der Waals surface area contributed by atoms with Crippen molar-refractivity contribution in [1.82, 2.24) is 9.97 Å². The van der Waals surface area contributed by atoms with Gasteiger partial charge in [-0.25, -0.2) is 14.8 Å². The molecule has 19 heavy (non-hydrogen) atoms. The van der Waals surface area contributed by atoms with Crippen LogP contribution in [0.15, 0.2) is 22.9 Å². The van der Waals surface area contributed by atoms with E-state index in [1.165, 1.54) is 6.33 Å². The molecule has 0 aliphatic heterocycles. The number of carbonyl (C=O) groups is 1. The molecule has 2 rings (SSSR count). The van der Waals surface area contributed by atoms with E-state index in [-0.39, 0.29) is 6.61 Å². The summed E-state index contributed by atoms with van der Waals surface area (Å²) >= 11 is 3.40. The van der Waals surface area contributed by atoms with E-state index in [1.807, 2.05) is 13.0 Å². The summed E-state index contributed by atoms with van der Waals surface area (Å²) in [6.07, 6.45) is 1.47. The molecule has 1 aromatic heterocycles. The predicted octanol–water partition coefficient (Wildman–Crippen LogP) is 2.64. The second-order valence-electron chi connectivity index (χ2n) is 3.85. The zero-order valence-corrected chi connectivity index (χ0v) is 12.2. The van der Waals surface area contributed by atoms with Crippen LogP contribution < -0.4 is 4.74 Å². The molecule has 0 N–H and O–H groups in total. The highest BCUT2D eigenvalue weighted by Crippen LogP contribution is 2.29. The largest absolute Gasteiger partial charge is 0.480 e. The lowest BCUT2D eigenvalue weighted by atomic mass is 10.2. The van der Waals surface area contributed by atoms with Crippen LogP contribution in [0, 0.1) is 6.92 Å². The second-order valence-corrected chi connectivity index (χ2v) is 4.77. The van der Waals surface area contributed by atoms with Crippen LogP contribution in [-0.2, 0) is 9.53 Å². The van der Waals surface area contributed by atoms with Gasteiger partial charge in [0, 0.05) is 15.6 Å². The van der Waals surface area contributed by atoms with Gasteiger partial charge in [-0.2, -0.15) is 0 Å². The van der Waals surface area contributed by atoms with Gasteiger partial charge in [-0.05, 0) is 26.0 Å². The standard InChI is InChI=1S/C13H13BrN2O3/c1-3-18-12(17)6-19-11-5-9(14)4-10-8(2)15-7-16-13(10)11/h4-5,7H,3,6H2,1-2H3. The van der Waals surface area contributed by atoms with E-state index >= 15 is 0 Å². The molecule has 1 aromatic carbocycles. The van der Waals surface area contributed by atoms with Gasteiger partial charge in [-0.15, -0.1) is 0 Å². The minimum Gasteiger partial charge on any atom is -0.480 e. The van der Waals surface area contributed by atoms with Crippen molar-refractivity contribution in [3.05, 3.63) is 28.6 Å². The summed E-state index contributed by atoms with van der Waals surface area (Å²) in [5.74, 6) is 0.129. The molecule has 0 saturated carbocycles. The van der Waals surface area contributed by atoms with Crippen molar-refractivity contribution in [1.29, 1.82) is 0 Å². The Morgan fingerprint density at radius 2 is 2.16 bits per heavy atom. The van der Waals surface area contributed by atoms with Crippen molar-refractivity contribution < 1.29 is 14.3 Å². The summed E-state index contributed by atoms with van der Waals surface area (Å²) in [6, 6.07) is 3.69. The SMILES string of the molecule is CCOC(=O)COc1cc(Br)cc2c(C)ncnc12. The van der Waals surface area contributed by atoms with Crippen LogP contribution in [0.25, 0.3) is 10.9 Å². The number of rotatable bonds is 4. The van der Waals surface area contributed by atoms with Gasteiger partial charge in [0.2, 0.25) is 0 Å². The molecular weight excluding hydrogens is 312 g/mol. The smallest absolute Gasteiger partial charge is 0.344 e. The third kappa shape index (κ3) is 3.20. The van der Waals surface area contributed by atoms with E-state index in [4.69, 9.17) is 9.47 Å². The fraction of sp³-hybridized carbons (Fsp3) is 0.308. The highest BCUT2D eigenvalue weighted by Gasteiger charge is 2.10. The molecule has 6 heteroatoms. The molecular formula is C13H13BrN2O3. The highest BCUT2D eigenvalue weighted by molar-refractivity contribution is 9.10. The molecule has 0 amide bonds. The molecule has 0 atom stereocenters. The molecule has 0 aliphatic rings. The molecule has 0 unspecified atom stereocenters. The van der Waals surface area contributed by atoms with Crippen molar-refractivity contribution in [3.63, 3.8) is 0 Å². The number of ether oxygens (including phenoxy) is 2. The van der Waals surface area contributed by atoms with E-state index in [0.29, 0.717) is 17.9 Å². The lowest BCUT2D eigenvalue weighted by molar-refractivity contribution is -0.145. The Hall–Kier alpha value is -1.69. The average molecular weight is 325 g/mol. The number of carbonyl (C=O) groups excluding carboxylic acids is 1. The lowest BCUT2D eigenvalue weighted by Crippen LogP contribution is -2.14. The maximum Gasteiger partial charge on any atom is 0.344 e. The summed E-state index contributed by atoms with van der Waals surface area (Å²) in [7, 11) is 0. The third-order valence-corrected chi connectivity index (χ3v) is 2.98. The number of aryl methyl sites for hydroxylation is 1. The Balaban J connectivity index is 2.32. The Morgan fingerprint density at radius 3 is 2.89 bits per heavy atom. The van der Waals surface area contributed by atoms with Crippen LogP contribution in [0.3, 0.4) is 0 Å². The molecule has 0 bridgehead atoms. The van der Waals surface area contributed by atoms with Crippen LogP contribution in [0.4, 0.5) is 0 Å². The number of hydrogen-bond donors (Lipinski definition) is 0. The molecule has 2 aromatic rings. The van der Waals surface area contributed by atoms with E-state index in [9.17, 15) is 4.79 Å². The first-order chi connectivity index (χ1) is 9.11. The minimum absolute atomic E-state index is 0.136. The van der Waals surface area contributed by atoms with E-state index in [1.54, 1.807) is 13.0 Å². The number of esters is 1. The van der Waals surface area contributed by atoms with Crippen LogP contribution in [0.2, 0.25) is 0 Å². The normalized spacial score (nSPS) is 10.5. The minimum atomic E-state index is -0.401. The first-order valence-corrected chi connectivity index (χ1v) is 6.60. The summed E-state index contributed by atoms with van der Waals surface area (Å²) in [4.78, 5) is 19.6. The van der Waals surface area contributed by atoms with Gasteiger partial charge in [0.25, 0.3) is 0 Å². The summed E-state index contributed by atoms with van der Waals surface area (Å²) < 4.78 is 11.1. The van der Waals surface area contributed by atoms with Crippen LogP contribution in [-0.4, -0.2) is 29.2 Å². The number of aromatic nitrogens is 2. The van der Waals surface area contributed by atoms with Crippen LogP contribution in [0.5, 0.6) is 5.75 Å². The fourth-order valence-corrected chi connectivity index (χ4v) is 2.11. The van der Waals surface area contributed by atoms with E-state index in [0.717, 1.165) is 15.6 Å². The maximum absolute atomic E-state index is 11.3. The van der Waals surface area contributed by atoms with Gasteiger partial charge < -0.3 is 9.47 Å². The van der Waals surface area contributed by atoms with Gasteiger partial charge in [-0.1, -0.05) is 15.9 Å². The topological polar surface area (TPSA) is 61.3 Å². The van der Waals surface area contributed by atoms with E-state index < -0.39 is 5.97 Å². The van der Waals surface area contributed by atoms with Crippen molar-refractivity contribution in [2.24, 2.45) is 0 Å². The Morgan fingerprint density at radius 1 is 1.37 bits per heavy atom. The number of fused-ring (bicyclic) bond motifs is 1. The first-order valence-electron chi connectivity index (χ1n) is 5.81. The monoisotopic (exact) mass is 324 g/mol. The van der Waals surface area contributed by atoms with Crippen molar-refractivity contribution >= 4 is 32.8 Å². The highest BCUT2D eigenvalue weighted by atomic mass is 79.9. The Bertz CT molecular complexity index is 616. The number of hydrogen-bond acceptors (Lipinski definition) is 5. The van der Waals surface area contributed by atoms with Gasteiger partial charge in [0.1, 0.15) is 17.6 Å². The molecule has 0 saturated heterocycles. The number of benzene rings is 1. The second kappa shape index (κ2) is 5.97. The molecule has 0 radical (unpaired) electrons. The number of halogens is 1. The molecule has 0 spiro atoms. The van der Waals surface area contributed by atoms with Crippen LogP contribution >= 0.6 is 15.9 Å². The van der Waals surface area contributed by atoms with Gasteiger partial charge >= 0.3 is 5.97 Å². The van der Waals surface area contributed by atoms with Crippen molar-refractivity contribution in [2.75, 3.05) is 13.2 Å². The van der Waals surface area contributed by atoms with Gasteiger partial charge in [0.15, 0.2) is 6.61 Å². The average Bonchev–Trinajstić information content (AvgIpc) is 2.37. The number of nitrogens with zero attached hydrogens (tertiary/aromatic N) is 2. The summed E-state index contributed by atoms with van der Waals surface area (Å²) in [6.45, 7) is 3.85. The molecule has 0 aliphatic carbocycles. The van der Waals surface area contributed by atoms with E-state index in [2.05, 4.69) is 25.9 Å².